The van der Waals surface area contributed by atoms with Gasteiger partial charge in [-0.1, -0.05) is 23.7 Å². The smallest absolute Gasteiger partial charge is 0.153 e. The summed E-state index contributed by atoms with van der Waals surface area (Å²) in [4.78, 5) is 4.44. The third-order valence-electron chi connectivity index (χ3n) is 6.38. The van der Waals surface area contributed by atoms with Crippen LogP contribution in [0.25, 0.3) is 11.3 Å². The van der Waals surface area contributed by atoms with Crippen LogP contribution in [-0.2, 0) is 29.3 Å². The Morgan fingerprint density at radius 2 is 1.76 bits per heavy atom. The van der Waals surface area contributed by atoms with Crippen LogP contribution in [0.2, 0.25) is 5.02 Å². The largest absolute Gasteiger partial charge is 0.507 e. The van der Waals surface area contributed by atoms with E-state index in [4.69, 9.17) is 11.6 Å². The lowest BCUT2D eigenvalue weighted by atomic mass is 9.99. The third-order valence-corrected chi connectivity index (χ3v) is 8.30. The number of benzene rings is 2. The molecule has 8 nitrogen and oxygen atoms in total. The van der Waals surface area contributed by atoms with Crippen LogP contribution in [0.15, 0.2) is 36.4 Å². The average Bonchev–Trinajstić information content (AvgIpc) is 3.20. The summed E-state index contributed by atoms with van der Waals surface area (Å²) in [5.74, 6) is 0.183. The molecule has 174 valence electrons. The van der Waals surface area contributed by atoms with Gasteiger partial charge in [-0.3, -0.25) is 10.00 Å². The Bertz CT molecular complexity index is 1280. The quantitative estimate of drug-likeness (QED) is 0.518. The summed E-state index contributed by atoms with van der Waals surface area (Å²) in [6.07, 6.45) is 0.815. The van der Waals surface area contributed by atoms with Gasteiger partial charge in [0, 0.05) is 67.7 Å². The van der Waals surface area contributed by atoms with Gasteiger partial charge in [0.2, 0.25) is 0 Å². The first kappa shape index (κ1) is 22.1. The molecule has 0 amide bonds. The number of sulfone groups is 1. The molecule has 2 aliphatic rings. The Balaban J connectivity index is 1.29. The first-order valence-corrected chi connectivity index (χ1v) is 13.0. The van der Waals surface area contributed by atoms with E-state index in [1.54, 1.807) is 0 Å². The normalized spacial score (nSPS) is 18.3. The van der Waals surface area contributed by atoms with Crippen LogP contribution in [-0.4, -0.2) is 64.9 Å². The summed E-state index contributed by atoms with van der Waals surface area (Å²) < 4.78 is 23.3. The van der Waals surface area contributed by atoms with E-state index in [1.165, 1.54) is 17.7 Å². The highest BCUT2D eigenvalue weighted by Crippen LogP contribution is 2.39. The highest BCUT2D eigenvalue weighted by atomic mass is 35.5. The molecule has 0 atom stereocenters. The van der Waals surface area contributed by atoms with Crippen molar-refractivity contribution in [3.05, 3.63) is 58.2 Å². The highest BCUT2D eigenvalue weighted by molar-refractivity contribution is 7.91. The van der Waals surface area contributed by atoms with Gasteiger partial charge in [0.25, 0.3) is 0 Å². The van der Waals surface area contributed by atoms with Crippen LogP contribution < -0.4 is 4.90 Å². The number of aromatic nitrogens is 2. The van der Waals surface area contributed by atoms with Crippen molar-refractivity contribution in [1.29, 1.82) is 0 Å². The number of anilines is 1. The third kappa shape index (κ3) is 4.53. The topological polar surface area (TPSA) is 110 Å². The first-order valence-electron chi connectivity index (χ1n) is 10.8. The monoisotopic (exact) mass is 488 g/mol. The number of nitrogens with zero attached hydrogens (tertiary/aromatic N) is 3. The number of aromatic hydroxyl groups is 2. The van der Waals surface area contributed by atoms with Crippen LogP contribution in [0.4, 0.5) is 5.69 Å². The maximum absolute atomic E-state index is 11.7. The molecule has 1 fully saturated rings. The zero-order valence-electron chi connectivity index (χ0n) is 18.0. The second-order valence-electron chi connectivity index (χ2n) is 8.62. The Hall–Kier alpha value is -2.75. The molecule has 0 saturated carbocycles. The van der Waals surface area contributed by atoms with Gasteiger partial charge in [0.05, 0.1) is 16.5 Å². The van der Waals surface area contributed by atoms with Crippen molar-refractivity contribution in [3.8, 4) is 22.8 Å². The minimum absolute atomic E-state index is 0.0653. The van der Waals surface area contributed by atoms with Crippen molar-refractivity contribution in [2.45, 2.75) is 19.5 Å². The number of hydrogen-bond donors (Lipinski definition) is 3. The zero-order valence-corrected chi connectivity index (χ0v) is 19.5. The molecule has 0 spiro atoms. The Morgan fingerprint density at radius 1 is 1.03 bits per heavy atom. The van der Waals surface area contributed by atoms with Gasteiger partial charge < -0.3 is 15.1 Å². The predicted octanol–water partition coefficient (Wildman–Crippen LogP) is 2.93. The molecule has 0 radical (unpaired) electrons. The summed E-state index contributed by atoms with van der Waals surface area (Å²) in [6, 6.07) is 11.1. The van der Waals surface area contributed by atoms with Crippen molar-refractivity contribution < 1.29 is 18.6 Å². The average molecular weight is 489 g/mol. The number of hydrogen-bond acceptors (Lipinski definition) is 7. The van der Waals surface area contributed by atoms with Gasteiger partial charge >= 0.3 is 0 Å². The van der Waals surface area contributed by atoms with Gasteiger partial charge in [-0.15, -0.1) is 0 Å². The summed E-state index contributed by atoms with van der Waals surface area (Å²) in [5, 5.41) is 27.7. The van der Waals surface area contributed by atoms with E-state index < -0.39 is 9.84 Å². The number of fused-ring (bicyclic) bond motifs is 1. The van der Waals surface area contributed by atoms with Gasteiger partial charge in [0.15, 0.2) is 9.84 Å². The molecule has 0 aliphatic carbocycles. The van der Waals surface area contributed by atoms with Crippen LogP contribution in [0.5, 0.6) is 11.5 Å². The molecule has 1 aromatic heterocycles. The molecular formula is C23H25ClN4O4S. The molecule has 3 heterocycles. The van der Waals surface area contributed by atoms with Crippen molar-refractivity contribution >= 4 is 27.1 Å². The zero-order chi connectivity index (χ0) is 23.2. The van der Waals surface area contributed by atoms with Crippen molar-refractivity contribution in [2.75, 3.05) is 36.0 Å². The highest BCUT2D eigenvalue weighted by Gasteiger charge is 2.25. The molecule has 3 N–H and O–H groups in total. The SMILES string of the molecule is O=S1(=O)CCN(c2ccc(CN3CCc4[nH]nc(-c5cc(Cl)c(O)cc5O)c4C3)cc2)CC1. The van der Waals surface area contributed by atoms with E-state index in [2.05, 4.69) is 44.3 Å². The van der Waals surface area contributed by atoms with Crippen LogP contribution in [0.1, 0.15) is 16.8 Å². The van der Waals surface area contributed by atoms with Gasteiger partial charge in [-0.05, 0) is 23.8 Å². The maximum Gasteiger partial charge on any atom is 0.153 e. The number of nitrogens with one attached hydrogen (secondary N) is 1. The predicted molar refractivity (Wildman–Crippen MR) is 127 cm³/mol. The minimum atomic E-state index is -2.89. The molecule has 0 unspecified atom stereocenters. The van der Waals surface area contributed by atoms with E-state index in [0.29, 0.717) is 30.9 Å². The number of H-pyrrole nitrogens is 1. The minimum Gasteiger partial charge on any atom is -0.507 e. The molecule has 2 aliphatic heterocycles. The molecule has 1 saturated heterocycles. The van der Waals surface area contributed by atoms with Crippen LogP contribution in [0.3, 0.4) is 0 Å². The Kier molecular flexibility index (Phi) is 5.72. The van der Waals surface area contributed by atoms with Crippen molar-refractivity contribution in [1.82, 2.24) is 15.1 Å². The first-order chi connectivity index (χ1) is 15.8. The maximum atomic E-state index is 11.7. The van der Waals surface area contributed by atoms with E-state index >= 15 is 0 Å². The second-order valence-corrected chi connectivity index (χ2v) is 11.3. The molecule has 2 aromatic carbocycles. The molecule has 33 heavy (non-hydrogen) atoms. The Labute approximate surface area is 197 Å². The Morgan fingerprint density at radius 3 is 2.48 bits per heavy atom. The lowest BCUT2D eigenvalue weighted by molar-refractivity contribution is 0.245. The van der Waals surface area contributed by atoms with Crippen molar-refractivity contribution in [2.24, 2.45) is 0 Å². The molecular weight excluding hydrogens is 464 g/mol. The summed E-state index contributed by atoms with van der Waals surface area (Å²) in [5.41, 5.74) is 5.41. The molecule has 0 bridgehead atoms. The van der Waals surface area contributed by atoms with E-state index in [9.17, 15) is 18.6 Å². The van der Waals surface area contributed by atoms with Crippen molar-refractivity contribution in [3.63, 3.8) is 0 Å². The fourth-order valence-electron chi connectivity index (χ4n) is 4.49. The number of aromatic amines is 1. The van der Waals surface area contributed by atoms with Crippen LogP contribution >= 0.6 is 11.6 Å². The summed E-state index contributed by atoms with van der Waals surface area (Å²) in [7, 11) is -2.89. The van der Waals surface area contributed by atoms with Gasteiger partial charge in [0.1, 0.15) is 17.2 Å². The van der Waals surface area contributed by atoms with Gasteiger partial charge in [-0.25, -0.2) is 8.42 Å². The standard InChI is InChI=1S/C23H25ClN4O4S/c24-19-11-17(21(29)12-22(19)30)23-18-14-27(6-5-20(18)25-26-23)13-15-1-3-16(4-2-15)28-7-9-33(31,32)10-8-28/h1-4,11-12,29-30H,5-10,13-14H2,(H,25,26). The van der Waals surface area contributed by atoms with Crippen LogP contribution in [0, 0.1) is 0 Å². The lowest BCUT2D eigenvalue weighted by Crippen LogP contribution is -2.40. The molecule has 10 heteroatoms. The number of phenolic OH excluding ortho intramolecular Hbond substituents is 2. The van der Waals surface area contributed by atoms with E-state index in [1.807, 2.05) is 0 Å². The number of rotatable bonds is 4. The summed E-state index contributed by atoms with van der Waals surface area (Å²) >= 11 is 6.06. The fraction of sp³-hybridized carbons (Fsp3) is 0.348. The fourth-order valence-corrected chi connectivity index (χ4v) is 5.86. The molecule has 5 rings (SSSR count). The molecule has 3 aromatic rings. The van der Waals surface area contributed by atoms with Gasteiger partial charge in [-0.2, -0.15) is 5.10 Å². The van der Waals surface area contributed by atoms with E-state index in [0.717, 1.165) is 36.5 Å². The summed E-state index contributed by atoms with van der Waals surface area (Å²) in [6.45, 7) is 3.39. The van der Waals surface area contributed by atoms with E-state index in [-0.39, 0.29) is 28.0 Å². The second kappa shape index (κ2) is 8.55. The number of halogens is 1. The number of phenols is 2. The lowest BCUT2D eigenvalue weighted by Gasteiger charge is -2.29.